The number of nitrogens with zero attached hydrogens (tertiary/aromatic N) is 1. The van der Waals surface area contributed by atoms with Crippen LogP contribution in [0.5, 0.6) is 5.75 Å². The molecule has 1 N–H and O–H groups in total. The molecule has 0 heterocycles. The third-order valence-electron chi connectivity index (χ3n) is 2.52. The molecule has 0 aliphatic heterocycles. The topological polar surface area (TPSA) is 32.6 Å². The van der Waals surface area contributed by atoms with E-state index in [1.165, 1.54) is 6.21 Å². The summed E-state index contributed by atoms with van der Waals surface area (Å²) in [6.07, 6.45) is 1.31. The van der Waals surface area contributed by atoms with Crippen molar-refractivity contribution in [3.8, 4) is 5.75 Å². The van der Waals surface area contributed by atoms with Gasteiger partial charge in [0.25, 0.3) is 0 Å². The number of rotatable bonds is 2. The van der Waals surface area contributed by atoms with Crippen molar-refractivity contribution in [1.29, 1.82) is 0 Å². The molecule has 0 radical (unpaired) electrons. The predicted octanol–water partition coefficient (Wildman–Crippen LogP) is 5.11. The van der Waals surface area contributed by atoms with Crippen LogP contribution in [0.2, 0.25) is 0 Å². The van der Waals surface area contributed by atoms with E-state index in [2.05, 4.69) is 4.99 Å². The average Bonchev–Trinajstić information content (AvgIpc) is 2.45. The van der Waals surface area contributed by atoms with Gasteiger partial charge >= 0.3 is 35.6 Å². The number of phenols is 1. The normalized spacial score (nSPS) is 10.1. The van der Waals surface area contributed by atoms with Gasteiger partial charge in [0.1, 0.15) is 23.1 Å². The van der Waals surface area contributed by atoms with Crippen LogP contribution in [0.3, 0.4) is 0 Å². The van der Waals surface area contributed by atoms with Crippen LogP contribution in [0.4, 0.5) is 14.5 Å². The van der Waals surface area contributed by atoms with Crippen LogP contribution in [0.1, 0.15) is 11.1 Å². The number of phenolic OH excluding ortho intramolecular Hbond substituents is 1. The second-order valence-electron chi connectivity index (χ2n) is 3.94. The van der Waals surface area contributed by atoms with Gasteiger partial charge in [-0.1, -0.05) is 12.1 Å². The molecule has 2 rings (SSSR count). The number of aliphatic imine (C=N–C) groups is 1. The molecule has 0 unspecified atom stereocenters. The molecule has 0 aromatic heterocycles. The monoisotopic (exact) mass is 365 g/mol. The van der Waals surface area contributed by atoms with Crippen LogP contribution in [0.25, 0.3) is 0 Å². The molecule has 7 heteroatoms. The van der Waals surface area contributed by atoms with Crippen molar-refractivity contribution in [3.63, 3.8) is 0 Å². The molecule has 0 saturated heterocycles. The third-order valence-corrected chi connectivity index (χ3v) is 2.52. The van der Waals surface area contributed by atoms with Gasteiger partial charge in [-0.2, -0.15) is 0 Å². The Kier molecular flexibility index (Phi) is 7.90. The van der Waals surface area contributed by atoms with E-state index in [0.717, 1.165) is 18.2 Å². The van der Waals surface area contributed by atoms with E-state index in [-0.39, 0.29) is 11.4 Å². The number of aromatic hydroxyl groups is 1. The molecule has 21 heavy (non-hydrogen) atoms. The summed E-state index contributed by atoms with van der Waals surface area (Å²) in [5, 5.41) is 9.74. The molecule has 0 aliphatic carbocycles. The van der Waals surface area contributed by atoms with Crippen LogP contribution in [-0.4, -0.2) is 11.3 Å². The standard InChI is InChI=1S/C14H11F2NO.2ClH.Ti/c1-9-3-2-4-10(14(9)18)8-17-13-7-11(15)5-6-12(13)16;;;/h2-8,18H,1H3;2*1H;/q;;;+2/p-2. The van der Waals surface area contributed by atoms with E-state index < -0.39 is 28.7 Å². The van der Waals surface area contributed by atoms with Crippen LogP contribution < -0.4 is 0 Å². The van der Waals surface area contributed by atoms with Crippen molar-refractivity contribution in [2.75, 3.05) is 0 Å². The summed E-state index contributed by atoms with van der Waals surface area (Å²) in [5.41, 5.74) is 1.05. The predicted molar refractivity (Wildman–Crippen MR) is 78.2 cm³/mol. The summed E-state index contributed by atoms with van der Waals surface area (Å²) in [6.45, 7) is 1.75. The molecular weight excluding hydrogens is 355 g/mol. The Morgan fingerprint density at radius 3 is 2.52 bits per heavy atom. The summed E-state index contributed by atoms with van der Waals surface area (Å²) >= 11 is -0.556. The molecule has 0 aliphatic rings. The van der Waals surface area contributed by atoms with Gasteiger partial charge in [0, 0.05) is 17.8 Å². The van der Waals surface area contributed by atoms with Gasteiger partial charge in [0.15, 0.2) is 0 Å². The number of para-hydroxylation sites is 1. The zero-order valence-corrected chi connectivity index (χ0v) is 14.0. The maximum atomic E-state index is 13.3. The molecule has 2 nitrogen and oxygen atoms in total. The summed E-state index contributed by atoms with van der Waals surface area (Å²) in [4.78, 5) is 3.84. The fraction of sp³-hybridized carbons (Fsp3) is 0.0714. The van der Waals surface area contributed by atoms with E-state index in [1.54, 1.807) is 25.1 Å². The molecule has 0 fully saturated rings. The Morgan fingerprint density at radius 2 is 1.86 bits per heavy atom. The molecule has 0 amide bonds. The number of aryl methyl sites for hydroxylation is 1. The summed E-state index contributed by atoms with van der Waals surface area (Å²) in [6, 6.07) is 8.17. The Bertz CT molecular complexity index is 634. The number of halogens is 4. The van der Waals surface area contributed by atoms with Gasteiger partial charge in [-0.05, 0) is 30.7 Å². The van der Waals surface area contributed by atoms with E-state index in [0.29, 0.717) is 11.1 Å². The Hall–Kier alpha value is -0.936. The fourth-order valence-electron chi connectivity index (χ4n) is 1.51. The van der Waals surface area contributed by atoms with Crippen molar-refractivity contribution in [2.24, 2.45) is 4.99 Å². The van der Waals surface area contributed by atoms with Crippen molar-refractivity contribution in [3.05, 3.63) is 59.2 Å². The first-order chi connectivity index (χ1) is 9.99. The molecule has 0 bridgehead atoms. The van der Waals surface area contributed by atoms with Crippen molar-refractivity contribution in [2.45, 2.75) is 6.92 Å². The van der Waals surface area contributed by atoms with Gasteiger partial charge in [0.2, 0.25) is 0 Å². The average molecular weight is 366 g/mol. The maximum absolute atomic E-state index is 13.3. The van der Waals surface area contributed by atoms with Gasteiger partial charge < -0.3 is 5.11 Å². The van der Waals surface area contributed by atoms with Gasteiger partial charge in [-0.15, -0.1) is 0 Å². The Labute approximate surface area is 138 Å². The molecule has 0 atom stereocenters. The van der Waals surface area contributed by atoms with Crippen LogP contribution in [0, 0.1) is 18.6 Å². The molecule has 110 valence electrons. The SMILES string of the molecule is Cc1cccc(C=Nc2cc(F)ccc2F)c1O.[Cl][Ti][Cl]. The summed E-state index contributed by atoms with van der Waals surface area (Å²) < 4.78 is 26.2. The molecule has 2 aromatic rings. The van der Waals surface area contributed by atoms with Crippen molar-refractivity contribution < 1.29 is 30.9 Å². The van der Waals surface area contributed by atoms with Gasteiger partial charge in [-0.25, -0.2) is 8.78 Å². The molecule has 0 saturated carbocycles. The van der Waals surface area contributed by atoms with E-state index in [9.17, 15) is 13.9 Å². The van der Waals surface area contributed by atoms with E-state index >= 15 is 0 Å². The van der Waals surface area contributed by atoms with Crippen molar-refractivity contribution in [1.82, 2.24) is 0 Å². The second-order valence-corrected chi connectivity index (χ2v) is 6.52. The second kappa shape index (κ2) is 9.16. The number of hydrogen-bond acceptors (Lipinski definition) is 2. The Morgan fingerprint density at radius 1 is 1.19 bits per heavy atom. The minimum absolute atomic E-state index is 0.0815. The molecule has 2 aromatic carbocycles. The van der Waals surface area contributed by atoms with Gasteiger partial charge in [0.05, 0.1) is 0 Å². The first-order valence-corrected chi connectivity index (χ1v) is 10.0. The first kappa shape index (κ1) is 18.1. The van der Waals surface area contributed by atoms with E-state index in [4.69, 9.17) is 18.6 Å². The van der Waals surface area contributed by atoms with Crippen LogP contribution in [0.15, 0.2) is 41.4 Å². The Balaban J connectivity index is 0.000000677. The first-order valence-electron chi connectivity index (χ1n) is 5.73. The fourth-order valence-corrected chi connectivity index (χ4v) is 1.51. The van der Waals surface area contributed by atoms with E-state index in [1.807, 2.05) is 0 Å². The van der Waals surface area contributed by atoms with Gasteiger partial charge in [-0.3, -0.25) is 4.99 Å². The zero-order valence-electron chi connectivity index (χ0n) is 10.9. The molecule has 0 spiro atoms. The quantitative estimate of drug-likeness (QED) is 0.582. The van der Waals surface area contributed by atoms with Crippen molar-refractivity contribution >= 4 is 30.5 Å². The molecular formula is C14H11Cl2F2NOTi. The summed E-state index contributed by atoms with van der Waals surface area (Å²) in [5.74, 6) is -1.09. The zero-order chi connectivity index (χ0) is 15.8. The number of hydrogen-bond donors (Lipinski definition) is 1. The van der Waals surface area contributed by atoms with Crippen LogP contribution >= 0.6 is 18.6 Å². The number of benzene rings is 2. The van der Waals surface area contributed by atoms with Crippen LogP contribution in [-0.2, 0) is 17.0 Å². The third kappa shape index (κ3) is 5.75. The minimum atomic E-state index is -0.611. The summed E-state index contributed by atoms with van der Waals surface area (Å²) in [7, 11) is 9.78.